The number of fused-ring (bicyclic) bond motifs is 1. The Bertz CT molecular complexity index is 1560. The molecule has 1 aliphatic heterocycles. The monoisotopic (exact) mass is 540 g/mol. The summed E-state index contributed by atoms with van der Waals surface area (Å²) in [5.74, 6) is -2.80. The van der Waals surface area contributed by atoms with E-state index in [-0.39, 0.29) is 27.6 Å². The van der Waals surface area contributed by atoms with E-state index < -0.39 is 23.7 Å². The number of carbonyl (C=O) groups excluding carboxylic acids is 2. The highest BCUT2D eigenvalue weighted by Gasteiger charge is 2.48. The largest absolute Gasteiger partial charge is 0.507 e. The van der Waals surface area contributed by atoms with Gasteiger partial charge in [-0.2, -0.15) is 0 Å². The Labute approximate surface area is 217 Å². The third-order valence-corrected chi connectivity index (χ3v) is 7.85. The molecule has 1 atom stereocenters. The Balaban J connectivity index is 1.67. The third-order valence-electron chi connectivity index (χ3n) is 5.59. The number of thiazole rings is 1. The summed E-state index contributed by atoms with van der Waals surface area (Å²) in [4.78, 5) is 44.4. The number of anilines is 1. The van der Waals surface area contributed by atoms with Gasteiger partial charge in [-0.15, -0.1) is 11.3 Å². The van der Waals surface area contributed by atoms with Gasteiger partial charge in [0.2, 0.25) is 0 Å². The first-order chi connectivity index (χ1) is 17.3. The predicted octanol–water partition coefficient (Wildman–Crippen LogP) is 5.73. The zero-order chi connectivity index (χ0) is 25.6. The van der Waals surface area contributed by atoms with Crippen LogP contribution >= 0.6 is 34.3 Å². The summed E-state index contributed by atoms with van der Waals surface area (Å²) < 4.78 is 6.06. The molecule has 2 aromatic heterocycles. The number of halogens is 1. The quantitative estimate of drug-likeness (QED) is 0.182. The normalized spacial score (nSPS) is 17.2. The molecule has 1 fully saturated rings. The average Bonchev–Trinajstić information content (AvgIpc) is 3.58. The Hall–Kier alpha value is -3.73. The number of hydrogen-bond donors (Lipinski definition) is 2. The SMILES string of the molecule is CCOc1cc(/C(O)=C2\C(=O)C(=O)N(c3nc4ccc(C(=O)O)cc4s3)C2c2cccs2)ccc1Cl. The van der Waals surface area contributed by atoms with E-state index in [1.807, 2.05) is 5.38 Å². The fraction of sp³-hybridized carbons (Fsp3) is 0.120. The number of carbonyl (C=O) groups is 3. The summed E-state index contributed by atoms with van der Waals surface area (Å²) in [6, 6.07) is 11.7. The van der Waals surface area contributed by atoms with Crippen LogP contribution in [-0.2, 0) is 9.59 Å². The first-order valence-corrected chi connectivity index (χ1v) is 12.8. The second kappa shape index (κ2) is 9.38. The minimum atomic E-state index is -1.08. The Morgan fingerprint density at radius 1 is 1.14 bits per heavy atom. The van der Waals surface area contributed by atoms with Crippen molar-refractivity contribution in [2.75, 3.05) is 11.5 Å². The number of rotatable bonds is 6. The second-order valence-corrected chi connectivity index (χ2v) is 10.1. The highest BCUT2D eigenvalue weighted by molar-refractivity contribution is 7.22. The van der Waals surface area contributed by atoms with Crippen LogP contribution in [0.5, 0.6) is 5.75 Å². The van der Waals surface area contributed by atoms with Gasteiger partial charge in [-0.1, -0.05) is 29.0 Å². The number of aromatic nitrogens is 1. The van der Waals surface area contributed by atoms with E-state index in [4.69, 9.17) is 16.3 Å². The fourth-order valence-corrected chi connectivity index (χ4v) is 5.99. The third kappa shape index (κ3) is 4.02. The molecule has 0 spiro atoms. The molecule has 0 aliphatic carbocycles. The molecule has 0 radical (unpaired) electrons. The molecule has 11 heteroatoms. The lowest BCUT2D eigenvalue weighted by atomic mass is 10.00. The Morgan fingerprint density at radius 3 is 2.61 bits per heavy atom. The number of Topliss-reactive ketones (excluding diaryl/α,β-unsaturated/α-hetero) is 1. The molecule has 1 amide bonds. The van der Waals surface area contributed by atoms with Gasteiger partial charge < -0.3 is 14.9 Å². The number of carboxylic acid groups (broad SMARTS) is 1. The van der Waals surface area contributed by atoms with Crippen molar-refractivity contribution in [2.45, 2.75) is 13.0 Å². The predicted molar refractivity (Wildman–Crippen MR) is 138 cm³/mol. The minimum absolute atomic E-state index is 0.0855. The number of thiophene rings is 1. The fourth-order valence-electron chi connectivity index (χ4n) is 3.97. The zero-order valence-electron chi connectivity index (χ0n) is 18.6. The average molecular weight is 541 g/mol. The topological polar surface area (TPSA) is 117 Å². The Kier molecular flexibility index (Phi) is 6.25. The standard InChI is InChI=1S/C25H17ClN2O6S2/c1-2-34-16-10-12(5-7-14(16)26)21(29)19-20(17-4-3-9-35-17)28(23(31)22(19)30)25-27-15-8-6-13(24(32)33)11-18(15)36-25/h3-11,20,29H,2H2,1H3,(H,32,33)/b21-19+. The second-order valence-electron chi connectivity index (χ2n) is 7.75. The van der Waals surface area contributed by atoms with Crippen molar-refractivity contribution in [1.29, 1.82) is 0 Å². The van der Waals surface area contributed by atoms with Crippen molar-refractivity contribution in [3.8, 4) is 5.75 Å². The van der Waals surface area contributed by atoms with Crippen molar-refractivity contribution in [1.82, 2.24) is 4.98 Å². The zero-order valence-corrected chi connectivity index (χ0v) is 21.0. The minimum Gasteiger partial charge on any atom is -0.507 e. The first kappa shape index (κ1) is 24.0. The number of hydrogen-bond acceptors (Lipinski definition) is 8. The smallest absolute Gasteiger partial charge is 0.335 e. The summed E-state index contributed by atoms with van der Waals surface area (Å²) in [5, 5.41) is 22.9. The van der Waals surface area contributed by atoms with Crippen LogP contribution in [-0.4, -0.2) is 39.5 Å². The van der Waals surface area contributed by atoms with Gasteiger partial charge in [-0.25, -0.2) is 9.78 Å². The van der Waals surface area contributed by atoms with Crippen LogP contribution in [0.3, 0.4) is 0 Å². The molecule has 0 bridgehead atoms. The number of nitrogens with zero attached hydrogens (tertiary/aromatic N) is 2. The molecule has 5 rings (SSSR count). The van der Waals surface area contributed by atoms with Crippen molar-refractivity contribution in [3.63, 3.8) is 0 Å². The number of aromatic carboxylic acids is 1. The number of amides is 1. The maximum absolute atomic E-state index is 13.3. The van der Waals surface area contributed by atoms with E-state index in [9.17, 15) is 24.6 Å². The van der Waals surface area contributed by atoms with Gasteiger partial charge in [0.25, 0.3) is 5.78 Å². The van der Waals surface area contributed by atoms with Crippen LogP contribution in [0.4, 0.5) is 5.13 Å². The molecule has 182 valence electrons. The van der Waals surface area contributed by atoms with Crippen molar-refractivity contribution < 1.29 is 29.3 Å². The van der Waals surface area contributed by atoms with Crippen LogP contribution in [0, 0.1) is 0 Å². The molecular weight excluding hydrogens is 524 g/mol. The number of carboxylic acids is 1. The van der Waals surface area contributed by atoms with Crippen molar-refractivity contribution in [3.05, 3.63) is 80.5 Å². The lowest BCUT2D eigenvalue weighted by Crippen LogP contribution is -2.28. The number of ketones is 1. The number of aliphatic hydroxyl groups is 1. The molecular formula is C25H17ClN2O6S2. The van der Waals surface area contributed by atoms with E-state index in [0.29, 0.717) is 32.5 Å². The number of ether oxygens (including phenoxy) is 1. The summed E-state index contributed by atoms with van der Waals surface area (Å²) in [5.41, 5.74) is 0.767. The van der Waals surface area contributed by atoms with Gasteiger partial charge >= 0.3 is 11.9 Å². The van der Waals surface area contributed by atoms with Crippen LogP contribution in [0.1, 0.15) is 33.8 Å². The van der Waals surface area contributed by atoms with Gasteiger partial charge in [0.1, 0.15) is 17.6 Å². The molecule has 8 nitrogen and oxygen atoms in total. The molecule has 4 aromatic rings. The van der Waals surface area contributed by atoms with Crippen molar-refractivity contribution in [2.24, 2.45) is 0 Å². The molecule has 1 aliphatic rings. The van der Waals surface area contributed by atoms with E-state index in [1.165, 1.54) is 34.4 Å². The number of benzene rings is 2. The lowest BCUT2D eigenvalue weighted by Gasteiger charge is -2.21. The van der Waals surface area contributed by atoms with Crippen LogP contribution in [0.15, 0.2) is 59.5 Å². The molecule has 2 N–H and O–H groups in total. The lowest BCUT2D eigenvalue weighted by molar-refractivity contribution is -0.132. The summed E-state index contributed by atoms with van der Waals surface area (Å²) in [6.07, 6.45) is 0. The van der Waals surface area contributed by atoms with Gasteiger partial charge in [0.15, 0.2) is 5.13 Å². The van der Waals surface area contributed by atoms with E-state index >= 15 is 0 Å². The molecule has 3 heterocycles. The van der Waals surface area contributed by atoms with Crippen LogP contribution in [0.2, 0.25) is 5.02 Å². The first-order valence-electron chi connectivity index (χ1n) is 10.7. The molecule has 0 saturated carbocycles. The summed E-state index contributed by atoms with van der Waals surface area (Å²) >= 11 is 8.60. The van der Waals surface area contributed by atoms with Crippen LogP contribution in [0.25, 0.3) is 16.0 Å². The molecule has 1 unspecified atom stereocenters. The Morgan fingerprint density at radius 2 is 1.92 bits per heavy atom. The highest BCUT2D eigenvalue weighted by Crippen LogP contribution is 2.45. The maximum Gasteiger partial charge on any atom is 0.335 e. The molecule has 1 saturated heterocycles. The highest BCUT2D eigenvalue weighted by atomic mass is 35.5. The van der Waals surface area contributed by atoms with E-state index in [0.717, 1.165) is 11.3 Å². The van der Waals surface area contributed by atoms with Gasteiger partial charge in [-0.05, 0) is 54.8 Å². The van der Waals surface area contributed by atoms with Crippen LogP contribution < -0.4 is 9.64 Å². The summed E-state index contributed by atoms with van der Waals surface area (Å²) in [6.45, 7) is 2.15. The van der Waals surface area contributed by atoms with E-state index in [1.54, 1.807) is 37.3 Å². The van der Waals surface area contributed by atoms with Gasteiger partial charge in [0, 0.05) is 10.4 Å². The van der Waals surface area contributed by atoms with Gasteiger partial charge in [0.05, 0.1) is 33.0 Å². The van der Waals surface area contributed by atoms with Gasteiger partial charge in [-0.3, -0.25) is 14.5 Å². The number of aliphatic hydroxyl groups excluding tert-OH is 1. The summed E-state index contributed by atoms with van der Waals surface area (Å²) in [7, 11) is 0. The van der Waals surface area contributed by atoms with E-state index in [2.05, 4.69) is 4.98 Å². The van der Waals surface area contributed by atoms with Crippen molar-refractivity contribution >= 4 is 73.0 Å². The molecule has 36 heavy (non-hydrogen) atoms. The maximum atomic E-state index is 13.3. The molecule has 2 aromatic carbocycles.